The SMILES string of the molecule is Cc1cc(C)n(CC(=O)NC2CCN(c3nccc(C4CC4)n3)C2)c(=O)n1. The quantitative estimate of drug-likeness (QED) is 0.844. The lowest BCUT2D eigenvalue weighted by Gasteiger charge is -2.18. The van der Waals surface area contributed by atoms with Gasteiger partial charge in [-0.25, -0.2) is 14.8 Å². The van der Waals surface area contributed by atoms with Crippen LogP contribution in [-0.4, -0.2) is 44.6 Å². The lowest BCUT2D eigenvalue weighted by Crippen LogP contribution is -2.41. The summed E-state index contributed by atoms with van der Waals surface area (Å²) in [5.41, 5.74) is 2.13. The van der Waals surface area contributed by atoms with Crippen LogP contribution >= 0.6 is 0 Å². The second-order valence-electron chi connectivity index (χ2n) is 7.46. The number of amides is 1. The Bertz CT molecular complexity index is 921. The molecular formula is C19H24N6O2. The van der Waals surface area contributed by atoms with Crippen molar-refractivity contribution in [2.75, 3.05) is 18.0 Å². The molecule has 1 aliphatic carbocycles. The summed E-state index contributed by atoms with van der Waals surface area (Å²) in [6.07, 6.45) is 5.08. The molecule has 2 fully saturated rings. The molecule has 1 saturated heterocycles. The molecule has 8 nitrogen and oxygen atoms in total. The topological polar surface area (TPSA) is 93.0 Å². The Morgan fingerprint density at radius 3 is 2.81 bits per heavy atom. The molecule has 3 heterocycles. The van der Waals surface area contributed by atoms with E-state index in [-0.39, 0.29) is 24.2 Å². The van der Waals surface area contributed by atoms with Crippen molar-refractivity contribution in [3.8, 4) is 0 Å². The maximum Gasteiger partial charge on any atom is 0.348 e. The normalized spacial score (nSPS) is 19.3. The highest BCUT2D eigenvalue weighted by Gasteiger charge is 2.29. The number of nitrogens with one attached hydrogen (secondary N) is 1. The fourth-order valence-corrected chi connectivity index (χ4v) is 3.56. The van der Waals surface area contributed by atoms with Crippen molar-refractivity contribution in [2.45, 2.75) is 51.6 Å². The first kappa shape index (κ1) is 17.6. The van der Waals surface area contributed by atoms with E-state index in [9.17, 15) is 9.59 Å². The van der Waals surface area contributed by atoms with Gasteiger partial charge in [0.1, 0.15) is 6.54 Å². The second-order valence-corrected chi connectivity index (χ2v) is 7.46. The summed E-state index contributed by atoms with van der Waals surface area (Å²) in [6.45, 7) is 5.06. The van der Waals surface area contributed by atoms with Crippen molar-refractivity contribution >= 4 is 11.9 Å². The first-order chi connectivity index (χ1) is 13.0. The van der Waals surface area contributed by atoms with Gasteiger partial charge in [0.05, 0.1) is 0 Å². The monoisotopic (exact) mass is 368 g/mol. The first-order valence-corrected chi connectivity index (χ1v) is 9.42. The lowest BCUT2D eigenvalue weighted by atomic mass is 10.2. The molecule has 1 amide bonds. The Kier molecular flexibility index (Phi) is 4.63. The number of anilines is 1. The van der Waals surface area contributed by atoms with Gasteiger partial charge in [-0.15, -0.1) is 0 Å². The van der Waals surface area contributed by atoms with Crippen molar-refractivity contribution < 1.29 is 4.79 Å². The molecule has 1 saturated carbocycles. The number of hydrogen-bond acceptors (Lipinski definition) is 6. The Hall–Kier alpha value is -2.77. The highest BCUT2D eigenvalue weighted by molar-refractivity contribution is 5.76. The van der Waals surface area contributed by atoms with E-state index in [4.69, 9.17) is 0 Å². The summed E-state index contributed by atoms with van der Waals surface area (Å²) < 4.78 is 1.40. The van der Waals surface area contributed by atoms with Crippen molar-refractivity contribution in [2.24, 2.45) is 0 Å². The molecule has 2 aliphatic rings. The third kappa shape index (κ3) is 3.99. The smallest absolute Gasteiger partial charge is 0.348 e. The molecule has 142 valence electrons. The van der Waals surface area contributed by atoms with E-state index in [1.54, 1.807) is 13.0 Å². The third-order valence-electron chi connectivity index (χ3n) is 5.14. The zero-order valence-electron chi connectivity index (χ0n) is 15.7. The molecule has 2 aromatic rings. The number of aryl methyl sites for hydroxylation is 2. The highest BCUT2D eigenvalue weighted by atomic mass is 16.2. The molecule has 0 bridgehead atoms. The van der Waals surface area contributed by atoms with Crippen LogP contribution in [-0.2, 0) is 11.3 Å². The van der Waals surface area contributed by atoms with E-state index in [1.807, 2.05) is 19.2 Å². The van der Waals surface area contributed by atoms with Gasteiger partial charge in [0.15, 0.2) is 0 Å². The van der Waals surface area contributed by atoms with Gasteiger partial charge in [-0.3, -0.25) is 9.36 Å². The fraction of sp³-hybridized carbons (Fsp3) is 0.526. The van der Waals surface area contributed by atoms with Gasteiger partial charge >= 0.3 is 5.69 Å². The van der Waals surface area contributed by atoms with E-state index in [1.165, 1.54) is 17.4 Å². The zero-order valence-corrected chi connectivity index (χ0v) is 15.7. The molecule has 2 aromatic heterocycles. The van der Waals surface area contributed by atoms with Crippen LogP contribution in [0.3, 0.4) is 0 Å². The van der Waals surface area contributed by atoms with Crippen LogP contribution in [0.15, 0.2) is 23.1 Å². The predicted octanol–water partition coefficient (Wildman–Crippen LogP) is 0.923. The number of aromatic nitrogens is 4. The van der Waals surface area contributed by atoms with Crippen molar-refractivity contribution in [3.63, 3.8) is 0 Å². The summed E-state index contributed by atoms with van der Waals surface area (Å²) in [6, 6.07) is 3.82. The standard InChI is InChI=1S/C19H24N6O2/c1-12-9-13(2)25(19(27)21-12)11-17(26)22-15-6-8-24(10-15)18-20-7-5-16(23-18)14-3-4-14/h5,7,9,14-15H,3-4,6,8,10-11H2,1-2H3,(H,22,26). The Balaban J connectivity index is 1.36. The molecule has 1 aliphatic heterocycles. The van der Waals surface area contributed by atoms with E-state index in [2.05, 4.69) is 25.2 Å². The molecule has 0 spiro atoms. The molecule has 4 rings (SSSR count). The summed E-state index contributed by atoms with van der Waals surface area (Å²) in [5.74, 6) is 1.16. The van der Waals surface area contributed by atoms with Crippen LogP contribution in [0.5, 0.6) is 0 Å². The molecule has 0 aromatic carbocycles. The number of rotatable bonds is 5. The van der Waals surface area contributed by atoms with Crippen LogP contribution < -0.4 is 15.9 Å². The predicted molar refractivity (Wildman–Crippen MR) is 101 cm³/mol. The zero-order chi connectivity index (χ0) is 19.0. The van der Waals surface area contributed by atoms with E-state index < -0.39 is 0 Å². The number of hydrogen-bond donors (Lipinski definition) is 1. The third-order valence-corrected chi connectivity index (χ3v) is 5.14. The van der Waals surface area contributed by atoms with E-state index >= 15 is 0 Å². The summed E-state index contributed by atoms with van der Waals surface area (Å²) in [7, 11) is 0. The molecule has 0 radical (unpaired) electrons. The van der Waals surface area contributed by atoms with Gasteiger partial charge in [-0.2, -0.15) is 4.98 Å². The molecule has 1 N–H and O–H groups in total. The van der Waals surface area contributed by atoms with Gasteiger partial charge in [0.25, 0.3) is 0 Å². The van der Waals surface area contributed by atoms with Crippen LogP contribution in [0, 0.1) is 13.8 Å². The molecule has 27 heavy (non-hydrogen) atoms. The Morgan fingerprint density at radius 2 is 2.07 bits per heavy atom. The minimum atomic E-state index is -0.388. The maximum absolute atomic E-state index is 12.4. The van der Waals surface area contributed by atoms with Gasteiger partial charge in [-0.1, -0.05) is 0 Å². The van der Waals surface area contributed by atoms with E-state index in [0.29, 0.717) is 18.2 Å². The fourth-order valence-electron chi connectivity index (χ4n) is 3.56. The minimum Gasteiger partial charge on any atom is -0.350 e. The summed E-state index contributed by atoms with van der Waals surface area (Å²) in [4.78, 5) is 39.5. The Morgan fingerprint density at radius 1 is 1.26 bits per heavy atom. The van der Waals surface area contributed by atoms with Crippen LogP contribution in [0.1, 0.15) is 42.3 Å². The second kappa shape index (κ2) is 7.09. The van der Waals surface area contributed by atoms with E-state index in [0.717, 1.165) is 30.3 Å². The van der Waals surface area contributed by atoms with Gasteiger partial charge in [-0.05, 0) is 45.2 Å². The summed E-state index contributed by atoms with van der Waals surface area (Å²) >= 11 is 0. The van der Waals surface area contributed by atoms with Gasteiger partial charge in [0, 0.05) is 48.3 Å². The van der Waals surface area contributed by atoms with Crippen molar-refractivity contribution in [1.29, 1.82) is 0 Å². The average Bonchev–Trinajstić information content (AvgIpc) is 3.38. The van der Waals surface area contributed by atoms with Crippen LogP contribution in [0.25, 0.3) is 0 Å². The lowest BCUT2D eigenvalue weighted by molar-refractivity contribution is -0.122. The average molecular weight is 368 g/mol. The van der Waals surface area contributed by atoms with Gasteiger partial charge in [0.2, 0.25) is 11.9 Å². The maximum atomic E-state index is 12.4. The molecule has 8 heteroatoms. The van der Waals surface area contributed by atoms with Crippen molar-refractivity contribution in [1.82, 2.24) is 24.8 Å². The Labute approximate surface area is 157 Å². The number of carbonyl (C=O) groups excluding carboxylic acids is 1. The molecule has 1 atom stereocenters. The molecule has 1 unspecified atom stereocenters. The van der Waals surface area contributed by atoms with Crippen LogP contribution in [0.2, 0.25) is 0 Å². The largest absolute Gasteiger partial charge is 0.350 e. The van der Waals surface area contributed by atoms with Crippen molar-refractivity contribution in [3.05, 3.63) is 45.9 Å². The number of carbonyl (C=O) groups is 1. The van der Waals surface area contributed by atoms with Gasteiger partial charge < -0.3 is 10.2 Å². The highest BCUT2D eigenvalue weighted by Crippen LogP contribution is 2.39. The minimum absolute atomic E-state index is 0.0118. The molecular weight excluding hydrogens is 344 g/mol. The summed E-state index contributed by atoms with van der Waals surface area (Å²) in [5, 5.41) is 3.02. The number of nitrogens with zero attached hydrogens (tertiary/aromatic N) is 5. The first-order valence-electron chi connectivity index (χ1n) is 9.42. The van der Waals surface area contributed by atoms with Crippen LogP contribution in [0.4, 0.5) is 5.95 Å².